The van der Waals surface area contributed by atoms with E-state index in [1.807, 2.05) is 0 Å². The van der Waals surface area contributed by atoms with Crippen LogP contribution in [0.5, 0.6) is 11.5 Å². The van der Waals surface area contributed by atoms with Gasteiger partial charge in [0.1, 0.15) is 11.5 Å². The quantitative estimate of drug-likeness (QED) is 0.119. The largest absolute Gasteiger partial charge is 0.494 e. The second-order valence-corrected chi connectivity index (χ2v) is 10.3. The number of benzene rings is 2. The van der Waals surface area contributed by atoms with Crippen molar-refractivity contribution in [2.24, 2.45) is 0 Å². The first-order valence-electron chi connectivity index (χ1n) is 13.4. The first kappa shape index (κ1) is 29.2. The minimum Gasteiger partial charge on any atom is -0.494 e. The molecule has 0 bridgehead atoms. The van der Waals surface area contributed by atoms with Crippen LogP contribution in [0.15, 0.2) is 36.4 Å². The first-order valence-corrected chi connectivity index (χ1v) is 15.6. The van der Waals surface area contributed by atoms with Crippen LogP contribution in [0.25, 0.3) is 11.1 Å². The maximum absolute atomic E-state index is 6.32. The highest BCUT2D eigenvalue weighted by Gasteiger charge is 2.13. The first-order chi connectivity index (χ1) is 16.7. The highest BCUT2D eigenvalue weighted by atomic mass is 79.9. The molecular formula is C30H44Br2O2. The monoisotopic (exact) mass is 594 g/mol. The molecule has 0 amide bonds. The Bertz CT molecular complexity index is 806. The molecule has 2 rings (SSSR count). The predicted octanol–water partition coefficient (Wildman–Crippen LogP) is 10.6. The Hall–Kier alpha value is -1.000. The highest BCUT2D eigenvalue weighted by Crippen LogP contribution is 2.37. The number of hydrogen-bond acceptors (Lipinski definition) is 2. The van der Waals surface area contributed by atoms with Crippen molar-refractivity contribution in [2.75, 3.05) is 13.2 Å². The summed E-state index contributed by atoms with van der Waals surface area (Å²) in [5.74, 6) is 1.88. The fourth-order valence-electron chi connectivity index (χ4n) is 4.15. The van der Waals surface area contributed by atoms with Gasteiger partial charge in [0.05, 0.1) is 13.2 Å². The zero-order chi connectivity index (χ0) is 24.4. The Balaban J connectivity index is 2.09. The van der Waals surface area contributed by atoms with E-state index in [1.165, 1.54) is 80.9 Å². The van der Waals surface area contributed by atoms with E-state index in [4.69, 9.17) is 9.47 Å². The number of alkyl halides is 2. The minimum atomic E-state index is 0.763. The average Bonchev–Trinajstić information content (AvgIpc) is 2.87. The maximum Gasteiger partial charge on any atom is 0.127 e. The van der Waals surface area contributed by atoms with Crippen LogP contribution in [0.4, 0.5) is 0 Å². The molecule has 0 spiro atoms. The van der Waals surface area contributed by atoms with Crippen LogP contribution in [-0.2, 0) is 10.7 Å². The molecular weight excluding hydrogens is 552 g/mol. The highest BCUT2D eigenvalue weighted by molar-refractivity contribution is 9.08. The molecule has 190 valence electrons. The lowest BCUT2D eigenvalue weighted by Gasteiger charge is -2.17. The van der Waals surface area contributed by atoms with Crippen molar-refractivity contribution in [2.45, 2.75) is 102 Å². The number of rotatable bonds is 19. The molecule has 2 aromatic carbocycles. The molecule has 0 saturated heterocycles. The van der Waals surface area contributed by atoms with Crippen LogP contribution < -0.4 is 9.47 Å². The van der Waals surface area contributed by atoms with Crippen molar-refractivity contribution >= 4 is 31.9 Å². The van der Waals surface area contributed by atoms with E-state index in [9.17, 15) is 0 Å². The summed E-state index contributed by atoms with van der Waals surface area (Å²) in [6.45, 7) is 6.06. The van der Waals surface area contributed by atoms with Gasteiger partial charge in [0, 0.05) is 16.2 Å². The predicted molar refractivity (Wildman–Crippen MR) is 155 cm³/mol. The van der Waals surface area contributed by atoms with Gasteiger partial charge in [0.25, 0.3) is 0 Å². The molecule has 2 aromatic rings. The second-order valence-electron chi connectivity index (χ2n) is 9.15. The number of ether oxygens (including phenoxy) is 2. The third-order valence-electron chi connectivity index (χ3n) is 6.24. The summed E-state index contributed by atoms with van der Waals surface area (Å²) < 4.78 is 12.5. The summed E-state index contributed by atoms with van der Waals surface area (Å²) in [6, 6.07) is 13.0. The second kappa shape index (κ2) is 18.3. The molecule has 0 heterocycles. The zero-order valence-electron chi connectivity index (χ0n) is 21.4. The summed E-state index contributed by atoms with van der Waals surface area (Å²) >= 11 is 7.30. The Morgan fingerprint density at radius 2 is 1.21 bits per heavy atom. The topological polar surface area (TPSA) is 18.5 Å². The molecule has 0 aliphatic carbocycles. The molecule has 0 aromatic heterocycles. The Morgan fingerprint density at radius 3 is 1.82 bits per heavy atom. The number of hydrogen-bond donors (Lipinski definition) is 0. The van der Waals surface area contributed by atoms with Gasteiger partial charge in [0.15, 0.2) is 0 Å². The lowest BCUT2D eigenvalue weighted by molar-refractivity contribution is 0.297. The van der Waals surface area contributed by atoms with Crippen LogP contribution in [-0.4, -0.2) is 13.2 Å². The fourth-order valence-corrected chi connectivity index (χ4v) is 4.98. The van der Waals surface area contributed by atoms with Gasteiger partial charge in [-0.15, -0.1) is 0 Å². The van der Waals surface area contributed by atoms with Crippen molar-refractivity contribution in [3.63, 3.8) is 0 Å². The van der Waals surface area contributed by atoms with Gasteiger partial charge in [-0.05, 0) is 53.8 Å². The lowest BCUT2D eigenvalue weighted by Crippen LogP contribution is -2.02. The number of unbranched alkanes of at least 4 members (excludes halogenated alkanes) is 10. The maximum atomic E-state index is 6.32. The van der Waals surface area contributed by atoms with E-state index in [0.717, 1.165) is 53.8 Å². The van der Waals surface area contributed by atoms with Gasteiger partial charge >= 0.3 is 0 Å². The smallest absolute Gasteiger partial charge is 0.127 e. The van der Waals surface area contributed by atoms with Gasteiger partial charge in [-0.1, -0.05) is 122 Å². The minimum absolute atomic E-state index is 0.763. The average molecular weight is 596 g/mol. The molecule has 0 aliphatic rings. The molecule has 0 radical (unpaired) electrons. The zero-order valence-corrected chi connectivity index (χ0v) is 24.5. The molecule has 0 atom stereocenters. The Labute approximate surface area is 225 Å². The van der Waals surface area contributed by atoms with E-state index in [-0.39, 0.29) is 0 Å². The summed E-state index contributed by atoms with van der Waals surface area (Å²) in [5, 5.41) is 1.65. The van der Waals surface area contributed by atoms with Crippen molar-refractivity contribution in [1.29, 1.82) is 0 Å². The summed E-state index contributed by atoms with van der Waals surface area (Å²) in [7, 11) is 0. The molecule has 2 nitrogen and oxygen atoms in total. The third kappa shape index (κ3) is 10.7. The van der Waals surface area contributed by atoms with Crippen LogP contribution in [0.3, 0.4) is 0 Å². The van der Waals surface area contributed by atoms with E-state index >= 15 is 0 Å². The summed E-state index contributed by atoms with van der Waals surface area (Å²) in [5.41, 5.74) is 4.88. The van der Waals surface area contributed by atoms with Gasteiger partial charge < -0.3 is 9.47 Å². The Kier molecular flexibility index (Phi) is 15.7. The Morgan fingerprint density at radius 1 is 0.588 bits per heavy atom. The van der Waals surface area contributed by atoms with Crippen LogP contribution in [0.1, 0.15) is 102 Å². The van der Waals surface area contributed by atoms with Crippen molar-refractivity contribution < 1.29 is 9.47 Å². The molecule has 0 N–H and O–H groups in total. The van der Waals surface area contributed by atoms with E-state index in [1.54, 1.807) is 0 Å². The normalized spacial score (nSPS) is 11.1. The van der Waals surface area contributed by atoms with Crippen LogP contribution in [0.2, 0.25) is 0 Å². The summed E-state index contributed by atoms with van der Waals surface area (Å²) in [4.78, 5) is 0. The van der Waals surface area contributed by atoms with Gasteiger partial charge in [-0.25, -0.2) is 0 Å². The lowest BCUT2D eigenvalue weighted by atomic mass is 9.97. The van der Waals surface area contributed by atoms with Crippen molar-refractivity contribution in [3.8, 4) is 22.6 Å². The van der Waals surface area contributed by atoms with Gasteiger partial charge in [-0.3, -0.25) is 0 Å². The SMILES string of the molecule is CCCCCCCCOc1ccc(OCCCCCCCC)c(-c2cc(CBr)ccc2CBr)c1. The van der Waals surface area contributed by atoms with Crippen LogP contribution >= 0.6 is 31.9 Å². The molecule has 34 heavy (non-hydrogen) atoms. The molecule has 0 unspecified atom stereocenters. The summed E-state index contributed by atoms with van der Waals surface area (Å²) in [6.07, 6.45) is 15.2. The van der Waals surface area contributed by atoms with E-state index in [2.05, 4.69) is 82.1 Å². The standard InChI is InChI=1S/C30H44Br2O2/c1-3-5-7-9-11-13-19-33-27-17-18-30(34-20-14-12-10-8-6-4-2)29(22-27)28-21-25(23-31)15-16-26(28)24-32/h15-18,21-22H,3-14,19-20,23-24H2,1-2H3. The van der Waals surface area contributed by atoms with E-state index < -0.39 is 0 Å². The van der Waals surface area contributed by atoms with Crippen molar-refractivity contribution in [3.05, 3.63) is 47.5 Å². The van der Waals surface area contributed by atoms with Crippen molar-refractivity contribution in [1.82, 2.24) is 0 Å². The van der Waals surface area contributed by atoms with E-state index in [0.29, 0.717) is 0 Å². The fraction of sp³-hybridized carbons (Fsp3) is 0.600. The van der Waals surface area contributed by atoms with Gasteiger partial charge in [-0.2, -0.15) is 0 Å². The molecule has 0 aliphatic heterocycles. The third-order valence-corrected chi connectivity index (χ3v) is 7.49. The van der Waals surface area contributed by atoms with Crippen LogP contribution in [0, 0.1) is 0 Å². The molecule has 0 saturated carbocycles. The molecule has 4 heteroatoms. The molecule has 0 fully saturated rings. The number of halogens is 2. The van der Waals surface area contributed by atoms with Gasteiger partial charge in [0.2, 0.25) is 0 Å².